The lowest BCUT2D eigenvalue weighted by atomic mass is 10.1. The van der Waals surface area contributed by atoms with Crippen molar-refractivity contribution in [2.45, 2.75) is 19.1 Å². The molecule has 182 valence electrons. The molecular formula is C24H31N5O3S2. The van der Waals surface area contributed by atoms with Crippen molar-refractivity contribution in [2.24, 2.45) is 0 Å². The summed E-state index contributed by atoms with van der Waals surface area (Å²) in [6.07, 6.45) is 2.45. The fourth-order valence-corrected chi connectivity index (χ4v) is 4.55. The number of hydrogen-bond acceptors (Lipinski definition) is 8. The van der Waals surface area contributed by atoms with Crippen molar-refractivity contribution >= 4 is 36.6 Å². The molecule has 0 spiro atoms. The lowest BCUT2D eigenvalue weighted by molar-refractivity contribution is 0.0754. The molecule has 34 heavy (non-hydrogen) atoms. The molecule has 1 N–H and O–H groups in total. The third kappa shape index (κ3) is 5.99. The van der Waals surface area contributed by atoms with Gasteiger partial charge in [0.05, 0.1) is 7.11 Å². The van der Waals surface area contributed by atoms with Crippen molar-refractivity contribution in [1.29, 1.82) is 0 Å². The van der Waals surface area contributed by atoms with Gasteiger partial charge in [-0.15, -0.1) is 11.3 Å². The van der Waals surface area contributed by atoms with Crippen LogP contribution in [-0.4, -0.2) is 61.6 Å². The summed E-state index contributed by atoms with van der Waals surface area (Å²) in [7, 11) is 5.39. The van der Waals surface area contributed by atoms with Gasteiger partial charge >= 0.3 is 6.01 Å². The predicted octanol–water partition coefficient (Wildman–Crippen LogP) is 3.48. The summed E-state index contributed by atoms with van der Waals surface area (Å²) in [6.45, 7) is 2.65. The van der Waals surface area contributed by atoms with E-state index in [0.29, 0.717) is 31.0 Å². The Hall–Kier alpha value is -2.82. The number of hydrogen-bond donors (Lipinski definition) is 1. The normalized spacial score (nSPS) is 14.1. The van der Waals surface area contributed by atoms with E-state index < -0.39 is 0 Å². The number of aromatic nitrogens is 2. The largest absolute Gasteiger partial charge is 0.485 e. The van der Waals surface area contributed by atoms with Crippen LogP contribution in [0.5, 0.6) is 11.8 Å². The summed E-state index contributed by atoms with van der Waals surface area (Å²) >= 11 is 1.71. The number of nitrogens with zero attached hydrogens (tertiary/aromatic N) is 4. The lowest BCUT2D eigenvalue weighted by Gasteiger charge is -2.22. The summed E-state index contributed by atoms with van der Waals surface area (Å²) in [5, 5.41) is 5.27. The number of amides is 1. The number of ether oxygens (including phenoxy) is 2. The van der Waals surface area contributed by atoms with E-state index in [2.05, 4.69) is 26.7 Å². The summed E-state index contributed by atoms with van der Waals surface area (Å²) < 4.78 is 11.4. The van der Waals surface area contributed by atoms with E-state index in [0.717, 1.165) is 24.3 Å². The fourth-order valence-electron chi connectivity index (χ4n) is 3.76. The van der Waals surface area contributed by atoms with Gasteiger partial charge in [0.15, 0.2) is 0 Å². The molecular weight excluding hydrogens is 470 g/mol. The fraction of sp³-hybridized carbons (Fsp3) is 0.375. The first kappa shape index (κ1) is 25.8. The number of carbonyl (C=O) groups is 1. The highest BCUT2D eigenvalue weighted by Gasteiger charge is 2.27. The predicted molar refractivity (Wildman–Crippen MR) is 140 cm³/mol. The number of anilines is 1. The minimum Gasteiger partial charge on any atom is -0.485 e. The standard InChI is InChI=1S/C24H29N5O3S.H2S/c1-25-11-10-20(21-5-4-14-33-21)32-18-8-6-17(7-9-18)16-29-13-12-28(2)22-19(23(29)30)15-26-24(27-22)31-3;/h4-9,14-15,20,25H,10-13,16H2,1-3H3;1H2/t20-;/m0./s1. The SMILES string of the molecule is CNCC[C@H](Oc1ccc(CN2CCN(C)c3nc(OC)ncc3C2=O)cc1)c1cccs1.S. The first-order valence-electron chi connectivity index (χ1n) is 10.9. The maximum atomic E-state index is 13.2. The second-order valence-electron chi connectivity index (χ2n) is 7.90. The maximum absolute atomic E-state index is 13.2. The highest BCUT2D eigenvalue weighted by Crippen LogP contribution is 2.29. The van der Waals surface area contributed by atoms with Crippen LogP contribution in [-0.2, 0) is 6.54 Å². The molecule has 0 saturated heterocycles. The first-order chi connectivity index (χ1) is 16.1. The molecule has 0 aliphatic carbocycles. The van der Waals surface area contributed by atoms with Crippen molar-refractivity contribution in [3.05, 3.63) is 64.0 Å². The molecule has 10 heteroatoms. The minimum atomic E-state index is -0.0813. The zero-order chi connectivity index (χ0) is 23.2. The molecule has 3 heterocycles. The number of carbonyl (C=O) groups excluding carboxylic acids is 1. The third-order valence-electron chi connectivity index (χ3n) is 5.61. The van der Waals surface area contributed by atoms with Gasteiger partial charge in [0.25, 0.3) is 5.91 Å². The van der Waals surface area contributed by atoms with Gasteiger partial charge in [0, 0.05) is 44.2 Å². The molecule has 0 saturated carbocycles. The van der Waals surface area contributed by atoms with E-state index >= 15 is 0 Å². The Morgan fingerprint density at radius 1 is 1.21 bits per heavy atom. The van der Waals surface area contributed by atoms with Gasteiger partial charge < -0.3 is 24.6 Å². The van der Waals surface area contributed by atoms with E-state index in [1.165, 1.54) is 12.0 Å². The molecule has 0 fully saturated rings. The molecule has 1 atom stereocenters. The van der Waals surface area contributed by atoms with Crippen molar-refractivity contribution in [3.63, 3.8) is 0 Å². The Kier molecular flexibility index (Phi) is 9.14. The van der Waals surface area contributed by atoms with Crippen molar-refractivity contribution < 1.29 is 14.3 Å². The van der Waals surface area contributed by atoms with E-state index in [-0.39, 0.29) is 31.5 Å². The average molecular weight is 502 g/mol. The lowest BCUT2D eigenvalue weighted by Crippen LogP contribution is -2.33. The Morgan fingerprint density at radius 3 is 2.68 bits per heavy atom. The van der Waals surface area contributed by atoms with Gasteiger partial charge in [-0.05, 0) is 42.7 Å². The minimum absolute atomic E-state index is 0. The summed E-state index contributed by atoms with van der Waals surface area (Å²) in [6, 6.07) is 12.4. The number of likely N-dealkylation sites (N-methyl/N-ethyl adjacent to an activating group) is 1. The second kappa shape index (κ2) is 12.0. The number of nitrogens with one attached hydrogen (secondary N) is 1. The highest BCUT2D eigenvalue weighted by atomic mass is 32.1. The Balaban J connectivity index is 0.00000324. The van der Waals surface area contributed by atoms with E-state index in [1.807, 2.05) is 54.2 Å². The molecule has 0 radical (unpaired) electrons. The maximum Gasteiger partial charge on any atom is 0.318 e. The number of benzene rings is 1. The molecule has 0 bridgehead atoms. The molecule has 4 rings (SSSR count). The zero-order valence-corrected chi connectivity index (χ0v) is 21.5. The van der Waals surface area contributed by atoms with Gasteiger partial charge in [0.1, 0.15) is 23.2 Å². The van der Waals surface area contributed by atoms with Crippen LogP contribution in [0.25, 0.3) is 0 Å². The average Bonchev–Trinajstić information content (AvgIpc) is 3.35. The first-order valence-corrected chi connectivity index (χ1v) is 11.8. The molecule has 0 unspecified atom stereocenters. The molecule has 1 aromatic carbocycles. The monoisotopic (exact) mass is 501 g/mol. The summed E-state index contributed by atoms with van der Waals surface area (Å²) in [5.74, 6) is 1.34. The van der Waals surface area contributed by atoms with Crippen LogP contribution in [0.3, 0.4) is 0 Å². The van der Waals surface area contributed by atoms with Crippen LogP contribution in [0.4, 0.5) is 5.82 Å². The van der Waals surface area contributed by atoms with Gasteiger partial charge in [-0.3, -0.25) is 4.79 Å². The van der Waals surface area contributed by atoms with Gasteiger partial charge in [-0.25, -0.2) is 4.98 Å². The van der Waals surface area contributed by atoms with Crippen LogP contribution >= 0.6 is 24.8 Å². The Morgan fingerprint density at radius 2 is 2.00 bits per heavy atom. The van der Waals surface area contributed by atoms with Crippen LogP contribution in [0.1, 0.15) is 33.3 Å². The van der Waals surface area contributed by atoms with Crippen LogP contribution in [0.2, 0.25) is 0 Å². The zero-order valence-electron chi connectivity index (χ0n) is 19.7. The highest BCUT2D eigenvalue weighted by molar-refractivity contribution is 7.59. The number of methoxy groups -OCH3 is 1. The van der Waals surface area contributed by atoms with Gasteiger partial charge in [0.2, 0.25) is 0 Å². The summed E-state index contributed by atoms with van der Waals surface area (Å²) in [4.78, 5) is 26.7. The smallest absolute Gasteiger partial charge is 0.318 e. The topological polar surface area (TPSA) is 79.8 Å². The number of thiophene rings is 1. The molecule has 1 amide bonds. The van der Waals surface area contributed by atoms with Crippen LogP contribution < -0.4 is 19.7 Å². The van der Waals surface area contributed by atoms with E-state index in [1.54, 1.807) is 17.5 Å². The van der Waals surface area contributed by atoms with Crippen LogP contribution in [0.15, 0.2) is 48.0 Å². The van der Waals surface area contributed by atoms with Crippen molar-refractivity contribution in [1.82, 2.24) is 20.2 Å². The number of fused-ring (bicyclic) bond motifs is 1. The molecule has 8 nitrogen and oxygen atoms in total. The Labute approximate surface area is 211 Å². The quantitative estimate of drug-likeness (QED) is 0.481. The van der Waals surface area contributed by atoms with E-state index in [9.17, 15) is 4.79 Å². The Bertz CT molecular complexity index is 1060. The number of rotatable bonds is 9. The molecule has 1 aliphatic rings. The van der Waals surface area contributed by atoms with E-state index in [4.69, 9.17) is 9.47 Å². The van der Waals surface area contributed by atoms with Crippen molar-refractivity contribution in [2.75, 3.05) is 45.7 Å². The summed E-state index contributed by atoms with van der Waals surface area (Å²) in [5.41, 5.74) is 1.53. The second-order valence-corrected chi connectivity index (χ2v) is 8.88. The molecule has 2 aromatic heterocycles. The molecule has 1 aliphatic heterocycles. The van der Waals surface area contributed by atoms with Crippen molar-refractivity contribution in [3.8, 4) is 11.8 Å². The van der Waals surface area contributed by atoms with Gasteiger partial charge in [-0.1, -0.05) is 18.2 Å². The van der Waals surface area contributed by atoms with Crippen LogP contribution in [0, 0.1) is 0 Å². The molecule has 3 aromatic rings. The third-order valence-corrected chi connectivity index (χ3v) is 6.57. The van der Waals surface area contributed by atoms with Gasteiger partial charge in [-0.2, -0.15) is 18.5 Å².